The number of carbonyl (C=O) groups excluding carboxylic acids is 1. The molecule has 5 N–H and O–H groups in total. The van der Waals surface area contributed by atoms with Gasteiger partial charge in [-0.1, -0.05) is 6.92 Å². The maximum absolute atomic E-state index is 11.7. The number of nitrogens with two attached hydrogens (primary N) is 2. The van der Waals surface area contributed by atoms with Gasteiger partial charge < -0.3 is 25.9 Å². The number of hydrogen-bond donors (Lipinski definition) is 3. The highest BCUT2D eigenvalue weighted by Crippen LogP contribution is 2.39. The lowest BCUT2D eigenvalue weighted by Gasteiger charge is -2.08. The second-order valence-corrected chi connectivity index (χ2v) is 7.09. The molecular weight excluding hydrogens is 366 g/mol. The number of thiophene rings is 1. The van der Waals surface area contributed by atoms with Crippen LogP contribution in [0.3, 0.4) is 0 Å². The molecule has 3 rings (SSSR count). The molecule has 0 atom stereocenters. The van der Waals surface area contributed by atoms with E-state index in [1.54, 1.807) is 0 Å². The molecule has 3 aromatic heterocycles. The van der Waals surface area contributed by atoms with Gasteiger partial charge in [0.15, 0.2) is 5.76 Å². The van der Waals surface area contributed by atoms with E-state index in [-0.39, 0.29) is 10.6 Å². The zero-order chi connectivity index (χ0) is 19.4. The number of nitrogens with zero attached hydrogens (tertiary/aromatic N) is 2. The molecule has 9 heteroatoms. The molecule has 0 aliphatic heterocycles. The number of furan rings is 1. The van der Waals surface area contributed by atoms with E-state index >= 15 is 0 Å². The van der Waals surface area contributed by atoms with Crippen LogP contribution in [0, 0.1) is 6.92 Å². The third-order valence-corrected chi connectivity index (χ3v) is 5.00. The molecule has 8 nitrogen and oxygen atoms in total. The largest absolute Gasteiger partial charge is 0.460 e. The number of rotatable bonds is 9. The fraction of sp³-hybridized carbons (Fsp3) is 0.389. The molecule has 0 aromatic carbocycles. The van der Waals surface area contributed by atoms with Crippen LogP contribution >= 0.6 is 11.3 Å². The van der Waals surface area contributed by atoms with Gasteiger partial charge >= 0.3 is 0 Å². The Bertz CT molecular complexity index is 950. The van der Waals surface area contributed by atoms with Crippen LogP contribution in [-0.2, 0) is 4.74 Å². The van der Waals surface area contributed by atoms with Crippen molar-refractivity contribution in [3.63, 3.8) is 0 Å². The number of nitrogens with one attached hydrogen (secondary N) is 1. The Hall–Kier alpha value is -2.65. The number of anilines is 2. The van der Waals surface area contributed by atoms with E-state index < -0.39 is 5.91 Å². The second kappa shape index (κ2) is 8.36. The number of aryl methyl sites for hydroxylation is 1. The van der Waals surface area contributed by atoms with Gasteiger partial charge in [0, 0.05) is 19.8 Å². The number of carbonyl (C=O) groups is 1. The Kier molecular flexibility index (Phi) is 5.92. The lowest BCUT2D eigenvalue weighted by Crippen LogP contribution is -2.10. The molecule has 0 aliphatic carbocycles. The molecular formula is C18H23N5O3S. The summed E-state index contributed by atoms with van der Waals surface area (Å²) in [6.07, 6.45) is 1.83. The summed E-state index contributed by atoms with van der Waals surface area (Å²) in [6.45, 7) is 6.02. The minimum atomic E-state index is -0.584. The molecule has 0 aliphatic rings. The van der Waals surface area contributed by atoms with Crippen molar-refractivity contribution in [1.29, 1.82) is 0 Å². The van der Waals surface area contributed by atoms with Crippen LogP contribution in [0.5, 0.6) is 0 Å². The van der Waals surface area contributed by atoms with Gasteiger partial charge in [0.1, 0.15) is 21.2 Å². The van der Waals surface area contributed by atoms with E-state index in [2.05, 4.69) is 22.2 Å². The molecule has 27 heavy (non-hydrogen) atoms. The van der Waals surface area contributed by atoms with Crippen molar-refractivity contribution in [1.82, 2.24) is 9.97 Å². The van der Waals surface area contributed by atoms with Gasteiger partial charge in [-0.15, -0.1) is 11.3 Å². The zero-order valence-corrected chi connectivity index (χ0v) is 16.2. The number of hydrogen-bond acceptors (Lipinski definition) is 8. The van der Waals surface area contributed by atoms with Gasteiger partial charge in [0.05, 0.1) is 11.1 Å². The average molecular weight is 389 g/mol. The Balaban J connectivity index is 1.93. The quantitative estimate of drug-likeness (QED) is 0.479. The molecule has 0 radical (unpaired) electrons. The minimum absolute atomic E-state index is 0.272. The monoisotopic (exact) mass is 389 g/mol. The molecule has 144 valence electrons. The summed E-state index contributed by atoms with van der Waals surface area (Å²) < 4.78 is 11.2. The van der Waals surface area contributed by atoms with Gasteiger partial charge in [0.25, 0.3) is 5.91 Å². The summed E-state index contributed by atoms with van der Waals surface area (Å²) in [4.78, 5) is 21.6. The van der Waals surface area contributed by atoms with Crippen LogP contribution in [0.4, 0.5) is 11.6 Å². The molecule has 0 unspecified atom stereocenters. The summed E-state index contributed by atoms with van der Waals surface area (Å²) in [6, 6.07) is 3.67. The molecule has 0 saturated heterocycles. The first-order valence-electron chi connectivity index (χ1n) is 8.79. The summed E-state index contributed by atoms with van der Waals surface area (Å²) in [5, 5.41) is 3.78. The van der Waals surface area contributed by atoms with Crippen molar-refractivity contribution < 1.29 is 13.9 Å². The first kappa shape index (κ1) is 19.1. The summed E-state index contributed by atoms with van der Waals surface area (Å²) in [5.74, 6) is 1.18. The minimum Gasteiger partial charge on any atom is -0.460 e. The van der Waals surface area contributed by atoms with E-state index in [1.807, 2.05) is 19.1 Å². The van der Waals surface area contributed by atoms with Crippen LogP contribution in [0.1, 0.15) is 35.2 Å². The van der Waals surface area contributed by atoms with Crippen molar-refractivity contribution in [2.45, 2.75) is 26.7 Å². The summed E-state index contributed by atoms with van der Waals surface area (Å²) in [5.41, 5.74) is 12.4. The third-order valence-electron chi connectivity index (χ3n) is 3.88. The Morgan fingerprint density at radius 1 is 1.33 bits per heavy atom. The normalized spacial score (nSPS) is 11.2. The fourth-order valence-corrected chi connectivity index (χ4v) is 3.59. The molecule has 0 bridgehead atoms. The van der Waals surface area contributed by atoms with Gasteiger partial charge in [-0.05, 0) is 31.9 Å². The molecule has 3 aromatic rings. The van der Waals surface area contributed by atoms with E-state index in [0.29, 0.717) is 40.8 Å². The second-order valence-electron chi connectivity index (χ2n) is 6.09. The third kappa shape index (κ3) is 4.20. The van der Waals surface area contributed by atoms with Crippen LogP contribution in [0.2, 0.25) is 0 Å². The van der Waals surface area contributed by atoms with Crippen LogP contribution < -0.4 is 16.8 Å². The molecule has 3 heterocycles. The van der Waals surface area contributed by atoms with Crippen LogP contribution in [0.15, 0.2) is 16.5 Å². The topological polar surface area (TPSA) is 129 Å². The highest BCUT2D eigenvalue weighted by atomic mass is 32.1. The van der Waals surface area contributed by atoms with E-state index in [1.165, 1.54) is 0 Å². The van der Waals surface area contributed by atoms with Crippen LogP contribution in [-0.4, -0.2) is 35.6 Å². The Labute approximate surface area is 160 Å². The number of ether oxygens (including phenoxy) is 1. The molecule has 0 saturated carbocycles. The number of amides is 1. The lowest BCUT2D eigenvalue weighted by molar-refractivity contribution is 0.100. The summed E-state index contributed by atoms with van der Waals surface area (Å²) >= 11 is 1.16. The number of aromatic nitrogens is 2. The van der Waals surface area contributed by atoms with Gasteiger partial charge in [-0.25, -0.2) is 9.97 Å². The standard InChI is InChI=1S/C18H23N5O3S/c1-3-8-25-9-4-7-21-18-22-14(11-6-5-10(2)26-11)12-13(19)15(16(20)24)27-17(12)23-18/h5-6H,3-4,7-9,19H2,1-2H3,(H2,20,24)(H,21,22,23). The van der Waals surface area contributed by atoms with Gasteiger partial charge in [0.2, 0.25) is 5.95 Å². The smallest absolute Gasteiger partial charge is 0.260 e. The Morgan fingerprint density at radius 2 is 2.15 bits per heavy atom. The first-order chi connectivity index (χ1) is 13.0. The fourth-order valence-electron chi connectivity index (χ4n) is 2.64. The van der Waals surface area contributed by atoms with Crippen molar-refractivity contribution in [3.8, 4) is 11.5 Å². The average Bonchev–Trinajstić information content (AvgIpc) is 3.21. The molecule has 0 fully saturated rings. The van der Waals surface area contributed by atoms with Gasteiger partial charge in [-0.3, -0.25) is 4.79 Å². The van der Waals surface area contributed by atoms with Gasteiger partial charge in [-0.2, -0.15) is 0 Å². The summed E-state index contributed by atoms with van der Waals surface area (Å²) in [7, 11) is 0. The predicted molar refractivity (Wildman–Crippen MR) is 107 cm³/mol. The van der Waals surface area contributed by atoms with Crippen molar-refractivity contribution >= 4 is 39.1 Å². The number of fused-ring (bicyclic) bond motifs is 1. The maximum atomic E-state index is 11.7. The number of nitrogen functional groups attached to an aromatic ring is 1. The van der Waals surface area contributed by atoms with E-state index in [0.717, 1.165) is 36.5 Å². The SMILES string of the molecule is CCCOCCCNc1nc(-c2ccc(C)o2)c2c(N)c(C(N)=O)sc2n1. The van der Waals surface area contributed by atoms with Crippen molar-refractivity contribution in [2.75, 3.05) is 30.8 Å². The lowest BCUT2D eigenvalue weighted by atomic mass is 10.2. The van der Waals surface area contributed by atoms with Crippen molar-refractivity contribution in [2.24, 2.45) is 5.73 Å². The highest BCUT2D eigenvalue weighted by molar-refractivity contribution is 7.21. The van der Waals surface area contributed by atoms with Crippen LogP contribution in [0.25, 0.3) is 21.7 Å². The van der Waals surface area contributed by atoms with E-state index in [9.17, 15) is 4.79 Å². The zero-order valence-electron chi connectivity index (χ0n) is 15.4. The van der Waals surface area contributed by atoms with E-state index in [4.69, 9.17) is 20.6 Å². The first-order valence-corrected chi connectivity index (χ1v) is 9.61. The van der Waals surface area contributed by atoms with Crippen molar-refractivity contribution in [3.05, 3.63) is 22.8 Å². The number of primary amides is 1. The Morgan fingerprint density at radius 3 is 2.81 bits per heavy atom. The molecule has 0 spiro atoms. The highest BCUT2D eigenvalue weighted by Gasteiger charge is 2.22. The maximum Gasteiger partial charge on any atom is 0.260 e. The predicted octanol–water partition coefficient (Wildman–Crippen LogP) is 3.17. The molecule has 1 amide bonds.